The minimum Gasteiger partial charge on any atom is -0.354 e. The first-order valence-corrected chi connectivity index (χ1v) is 14.5. The molecule has 0 spiro atoms. The Morgan fingerprint density at radius 3 is 2.18 bits per heavy atom. The second kappa shape index (κ2) is 13.3. The van der Waals surface area contributed by atoms with Gasteiger partial charge in [0.15, 0.2) is 0 Å². The van der Waals surface area contributed by atoms with Crippen molar-refractivity contribution in [3.8, 4) is 0 Å². The van der Waals surface area contributed by atoms with E-state index in [-0.39, 0.29) is 28.1 Å². The van der Waals surface area contributed by atoms with Crippen LogP contribution in [0.1, 0.15) is 25.8 Å². The minimum absolute atomic E-state index is 0.00181. The van der Waals surface area contributed by atoms with Crippen molar-refractivity contribution in [2.24, 2.45) is 0 Å². The van der Waals surface area contributed by atoms with E-state index in [2.05, 4.69) is 5.32 Å². The summed E-state index contributed by atoms with van der Waals surface area (Å²) in [6, 6.07) is 18.1. The molecule has 3 aromatic carbocycles. The topological polar surface area (TPSA) is 86.8 Å². The number of carbonyl (C=O) groups is 2. The molecule has 1 N–H and O–H groups in total. The van der Waals surface area contributed by atoms with Crippen LogP contribution < -0.4 is 9.62 Å². The highest BCUT2D eigenvalue weighted by atomic mass is 35.5. The molecule has 0 heterocycles. The number of nitrogens with zero attached hydrogens (tertiary/aromatic N) is 2. The molecule has 11 heteroatoms. The zero-order valence-electron chi connectivity index (χ0n) is 20.9. The Morgan fingerprint density at radius 2 is 1.55 bits per heavy atom. The Hall–Kier alpha value is -2.78. The normalized spacial score (nSPS) is 12.0. The van der Waals surface area contributed by atoms with Crippen molar-refractivity contribution in [3.05, 3.63) is 93.4 Å². The molecular formula is C27H28Cl3N3O4S. The van der Waals surface area contributed by atoms with Gasteiger partial charge in [0.05, 0.1) is 25.7 Å². The average Bonchev–Trinajstić information content (AvgIpc) is 2.91. The molecule has 202 valence electrons. The number of rotatable bonds is 11. The van der Waals surface area contributed by atoms with Gasteiger partial charge in [-0.1, -0.05) is 78.1 Å². The monoisotopic (exact) mass is 595 g/mol. The summed E-state index contributed by atoms with van der Waals surface area (Å²) < 4.78 is 28.4. The third-order valence-corrected chi connectivity index (χ3v) is 8.62. The fraction of sp³-hybridized carbons (Fsp3) is 0.259. The molecule has 3 rings (SSSR count). The van der Waals surface area contributed by atoms with Gasteiger partial charge in [-0.15, -0.1) is 0 Å². The Morgan fingerprint density at radius 1 is 0.895 bits per heavy atom. The van der Waals surface area contributed by atoms with E-state index < -0.39 is 28.5 Å². The Kier molecular flexibility index (Phi) is 10.4. The van der Waals surface area contributed by atoms with Crippen molar-refractivity contribution in [1.82, 2.24) is 10.2 Å². The predicted molar refractivity (Wildman–Crippen MR) is 152 cm³/mol. The molecule has 0 saturated carbocycles. The molecule has 0 saturated heterocycles. The number of para-hydroxylation sites is 1. The fourth-order valence-corrected chi connectivity index (χ4v) is 5.76. The fourth-order valence-electron chi connectivity index (χ4n) is 3.70. The Labute approximate surface area is 238 Å². The Balaban J connectivity index is 2.03. The Bertz CT molecular complexity index is 1390. The van der Waals surface area contributed by atoms with E-state index in [0.717, 1.165) is 10.7 Å². The summed E-state index contributed by atoms with van der Waals surface area (Å²) in [5, 5.41) is 3.59. The van der Waals surface area contributed by atoms with Gasteiger partial charge in [0.2, 0.25) is 11.8 Å². The zero-order valence-corrected chi connectivity index (χ0v) is 24.0. The van der Waals surface area contributed by atoms with Gasteiger partial charge in [-0.2, -0.15) is 0 Å². The van der Waals surface area contributed by atoms with E-state index in [1.807, 2.05) is 6.92 Å². The molecule has 1 unspecified atom stereocenters. The lowest BCUT2D eigenvalue weighted by Gasteiger charge is -2.32. The molecule has 0 bridgehead atoms. The number of carbonyl (C=O) groups excluding carboxylic acids is 2. The highest BCUT2D eigenvalue weighted by Crippen LogP contribution is 2.31. The van der Waals surface area contributed by atoms with Crippen LogP contribution in [0.15, 0.2) is 77.7 Å². The SMILES string of the molecule is CCCNC(=O)C(C)N(Cc1ccc(Cl)c(Cl)c1)C(=O)CN(c1ccccc1Cl)S(=O)(=O)c1ccccc1. The van der Waals surface area contributed by atoms with Crippen LogP contribution in [-0.2, 0) is 26.2 Å². The van der Waals surface area contributed by atoms with E-state index in [1.165, 1.54) is 23.1 Å². The summed E-state index contributed by atoms with van der Waals surface area (Å²) in [6.45, 7) is 3.35. The van der Waals surface area contributed by atoms with Gasteiger partial charge in [0.25, 0.3) is 10.0 Å². The molecule has 0 aliphatic heterocycles. The first-order chi connectivity index (χ1) is 18.1. The molecule has 0 aromatic heterocycles. The summed E-state index contributed by atoms with van der Waals surface area (Å²) in [4.78, 5) is 28.0. The first-order valence-electron chi connectivity index (χ1n) is 11.9. The first kappa shape index (κ1) is 29.8. The van der Waals surface area contributed by atoms with Crippen molar-refractivity contribution in [2.45, 2.75) is 37.8 Å². The van der Waals surface area contributed by atoms with E-state index in [0.29, 0.717) is 22.2 Å². The summed E-state index contributed by atoms with van der Waals surface area (Å²) in [6.07, 6.45) is 0.717. The molecule has 2 amide bonds. The lowest BCUT2D eigenvalue weighted by Crippen LogP contribution is -2.51. The van der Waals surface area contributed by atoms with E-state index in [1.54, 1.807) is 61.5 Å². The molecule has 0 aliphatic rings. The molecule has 3 aromatic rings. The molecule has 38 heavy (non-hydrogen) atoms. The number of anilines is 1. The number of amides is 2. The van der Waals surface area contributed by atoms with Crippen LogP contribution in [0.5, 0.6) is 0 Å². The highest BCUT2D eigenvalue weighted by Gasteiger charge is 2.33. The minimum atomic E-state index is -4.19. The maximum atomic E-state index is 13.8. The summed E-state index contributed by atoms with van der Waals surface area (Å²) in [5.41, 5.74) is 0.766. The third kappa shape index (κ3) is 7.20. The average molecular weight is 597 g/mol. The highest BCUT2D eigenvalue weighted by molar-refractivity contribution is 7.92. The standard InChI is InChI=1S/C27H28Cl3N3O4S/c1-3-15-31-27(35)19(2)32(17-20-13-14-22(28)24(30)16-20)26(34)18-33(25-12-8-7-11-23(25)29)38(36,37)21-9-5-4-6-10-21/h4-14,16,19H,3,15,17-18H2,1-2H3,(H,31,35). The number of sulfonamides is 1. The molecule has 1 atom stereocenters. The second-order valence-corrected chi connectivity index (χ2v) is 11.6. The van der Waals surface area contributed by atoms with Crippen molar-refractivity contribution >= 4 is 62.3 Å². The van der Waals surface area contributed by atoms with E-state index >= 15 is 0 Å². The van der Waals surface area contributed by atoms with Crippen LogP contribution in [-0.4, -0.2) is 44.3 Å². The van der Waals surface area contributed by atoms with Crippen molar-refractivity contribution in [2.75, 3.05) is 17.4 Å². The summed E-state index contributed by atoms with van der Waals surface area (Å²) in [7, 11) is -4.19. The largest absolute Gasteiger partial charge is 0.354 e. The maximum Gasteiger partial charge on any atom is 0.264 e. The van der Waals surface area contributed by atoms with E-state index in [9.17, 15) is 18.0 Å². The molecule has 0 aliphatic carbocycles. The second-order valence-electron chi connectivity index (χ2n) is 8.51. The van der Waals surface area contributed by atoms with Crippen LogP contribution in [0, 0.1) is 0 Å². The summed E-state index contributed by atoms with van der Waals surface area (Å²) >= 11 is 18.6. The smallest absolute Gasteiger partial charge is 0.264 e. The quantitative estimate of drug-likeness (QED) is 0.304. The number of hydrogen-bond acceptors (Lipinski definition) is 4. The van der Waals surface area contributed by atoms with Crippen LogP contribution in [0.25, 0.3) is 0 Å². The van der Waals surface area contributed by atoms with Gasteiger partial charge in [-0.25, -0.2) is 8.42 Å². The lowest BCUT2D eigenvalue weighted by molar-refractivity contribution is -0.139. The molecular weight excluding hydrogens is 569 g/mol. The number of benzene rings is 3. The van der Waals surface area contributed by atoms with Gasteiger partial charge in [-0.3, -0.25) is 13.9 Å². The maximum absolute atomic E-state index is 13.8. The van der Waals surface area contributed by atoms with Crippen molar-refractivity contribution in [3.63, 3.8) is 0 Å². The van der Waals surface area contributed by atoms with Gasteiger partial charge < -0.3 is 10.2 Å². The van der Waals surface area contributed by atoms with E-state index in [4.69, 9.17) is 34.8 Å². The zero-order chi connectivity index (χ0) is 27.9. The van der Waals surface area contributed by atoms with Crippen LogP contribution in [0.4, 0.5) is 5.69 Å². The predicted octanol–water partition coefficient (Wildman–Crippen LogP) is 5.79. The molecule has 0 radical (unpaired) electrons. The van der Waals surface area contributed by atoms with Crippen LogP contribution >= 0.6 is 34.8 Å². The molecule has 0 fully saturated rings. The number of hydrogen-bond donors (Lipinski definition) is 1. The number of halogens is 3. The lowest BCUT2D eigenvalue weighted by atomic mass is 10.1. The third-order valence-electron chi connectivity index (χ3n) is 5.78. The summed E-state index contributed by atoms with van der Waals surface area (Å²) in [5.74, 6) is -0.967. The van der Waals surface area contributed by atoms with Gasteiger partial charge in [-0.05, 0) is 55.3 Å². The van der Waals surface area contributed by atoms with Crippen LogP contribution in [0.3, 0.4) is 0 Å². The van der Waals surface area contributed by atoms with Gasteiger partial charge >= 0.3 is 0 Å². The number of nitrogens with one attached hydrogen (secondary N) is 1. The van der Waals surface area contributed by atoms with Crippen molar-refractivity contribution < 1.29 is 18.0 Å². The van der Waals surface area contributed by atoms with Gasteiger partial charge in [0, 0.05) is 13.1 Å². The molecule has 7 nitrogen and oxygen atoms in total. The van der Waals surface area contributed by atoms with Crippen molar-refractivity contribution in [1.29, 1.82) is 0 Å². The van der Waals surface area contributed by atoms with Gasteiger partial charge in [0.1, 0.15) is 12.6 Å². The van der Waals surface area contributed by atoms with Crippen LogP contribution in [0.2, 0.25) is 15.1 Å².